The standard InChI is InChI=1S/C18H19N3O2S2/c1-10(22)16-9-17(21-25-16)24-13-5-2-11(3-6-13)18(23)20-15-8-12-4-7-14(15)19-12/h2-3,5-6,9,12,14-15,19H,4,7-8H2,1H3,(H,20,23). The van der Waals surface area contributed by atoms with Gasteiger partial charge in [-0.15, -0.1) is 0 Å². The van der Waals surface area contributed by atoms with Crippen molar-refractivity contribution in [1.29, 1.82) is 0 Å². The van der Waals surface area contributed by atoms with Gasteiger partial charge in [0.25, 0.3) is 5.91 Å². The molecule has 0 spiro atoms. The molecular formula is C18H19N3O2S2. The summed E-state index contributed by atoms with van der Waals surface area (Å²) in [6.07, 6.45) is 3.42. The van der Waals surface area contributed by atoms with Crippen LogP contribution in [0.15, 0.2) is 40.3 Å². The molecule has 25 heavy (non-hydrogen) atoms. The van der Waals surface area contributed by atoms with E-state index in [1.54, 1.807) is 13.0 Å². The topological polar surface area (TPSA) is 71.1 Å². The Labute approximate surface area is 154 Å². The van der Waals surface area contributed by atoms with Crippen molar-refractivity contribution in [2.45, 2.75) is 54.2 Å². The maximum Gasteiger partial charge on any atom is 0.251 e. The molecule has 2 bridgehead atoms. The van der Waals surface area contributed by atoms with Gasteiger partial charge in [0.2, 0.25) is 0 Å². The predicted molar refractivity (Wildman–Crippen MR) is 98.5 cm³/mol. The number of benzene rings is 1. The molecule has 3 atom stereocenters. The molecule has 0 aliphatic carbocycles. The molecule has 5 nitrogen and oxygen atoms in total. The summed E-state index contributed by atoms with van der Waals surface area (Å²) in [5.74, 6) is 0.0231. The van der Waals surface area contributed by atoms with Crippen LogP contribution in [0.5, 0.6) is 0 Å². The summed E-state index contributed by atoms with van der Waals surface area (Å²) in [5.41, 5.74) is 0.676. The van der Waals surface area contributed by atoms with Gasteiger partial charge in [-0.25, -0.2) is 0 Å². The van der Waals surface area contributed by atoms with Crippen LogP contribution in [-0.4, -0.2) is 34.2 Å². The molecule has 2 aliphatic rings. The SMILES string of the molecule is CC(=O)c1cc(Sc2ccc(C(=O)NC3CC4CCC3N4)cc2)ns1. The van der Waals surface area contributed by atoms with Crippen molar-refractivity contribution in [3.8, 4) is 0 Å². The molecule has 1 amide bonds. The number of carbonyl (C=O) groups excluding carboxylic acids is 2. The van der Waals surface area contributed by atoms with E-state index in [1.165, 1.54) is 29.7 Å². The minimum atomic E-state index is -0.0107. The molecule has 3 heterocycles. The summed E-state index contributed by atoms with van der Waals surface area (Å²) in [4.78, 5) is 25.4. The highest BCUT2D eigenvalue weighted by atomic mass is 32.2. The van der Waals surface area contributed by atoms with E-state index in [2.05, 4.69) is 15.0 Å². The summed E-state index contributed by atoms with van der Waals surface area (Å²) in [7, 11) is 0. The van der Waals surface area contributed by atoms with E-state index in [-0.39, 0.29) is 17.7 Å². The van der Waals surface area contributed by atoms with Gasteiger partial charge in [-0.05, 0) is 61.1 Å². The minimum absolute atomic E-state index is 0.0107. The van der Waals surface area contributed by atoms with Crippen molar-refractivity contribution >= 4 is 35.0 Å². The van der Waals surface area contributed by atoms with Gasteiger partial charge in [-0.2, -0.15) is 4.37 Å². The third kappa shape index (κ3) is 3.63. The summed E-state index contributed by atoms with van der Waals surface area (Å²) < 4.78 is 4.28. The van der Waals surface area contributed by atoms with E-state index < -0.39 is 0 Å². The average Bonchev–Trinajstić information content (AvgIpc) is 3.32. The van der Waals surface area contributed by atoms with E-state index >= 15 is 0 Å². The zero-order chi connectivity index (χ0) is 17.4. The fourth-order valence-corrected chi connectivity index (χ4v) is 5.06. The quantitative estimate of drug-likeness (QED) is 0.788. The lowest BCUT2D eigenvalue weighted by Gasteiger charge is -2.21. The van der Waals surface area contributed by atoms with Crippen LogP contribution < -0.4 is 10.6 Å². The lowest BCUT2D eigenvalue weighted by Crippen LogP contribution is -2.42. The number of fused-ring (bicyclic) bond motifs is 2. The Balaban J connectivity index is 1.37. The molecule has 2 fully saturated rings. The van der Waals surface area contributed by atoms with Crippen LogP contribution in [0.3, 0.4) is 0 Å². The van der Waals surface area contributed by atoms with Gasteiger partial charge in [0.1, 0.15) is 5.03 Å². The Morgan fingerprint density at radius 1 is 1.28 bits per heavy atom. The van der Waals surface area contributed by atoms with E-state index in [4.69, 9.17) is 0 Å². The third-order valence-corrected chi connectivity index (χ3v) is 6.72. The van der Waals surface area contributed by atoms with Gasteiger partial charge in [-0.3, -0.25) is 9.59 Å². The highest BCUT2D eigenvalue weighted by Gasteiger charge is 2.39. The minimum Gasteiger partial charge on any atom is -0.348 e. The predicted octanol–water partition coefficient (Wildman–Crippen LogP) is 3.12. The zero-order valence-corrected chi connectivity index (χ0v) is 15.5. The van der Waals surface area contributed by atoms with Crippen LogP contribution in [0.25, 0.3) is 0 Å². The van der Waals surface area contributed by atoms with Crippen LogP contribution in [0, 0.1) is 0 Å². The van der Waals surface area contributed by atoms with E-state index in [0.717, 1.165) is 22.8 Å². The average molecular weight is 374 g/mol. The van der Waals surface area contributed by atoms with E-state index in [0.29, 0.717) is 22.5 Å². The summed E-state index contributed by atoms with van der Waals surface area (Å²) in [6.45, 7) is 1.54. The van der Waals surface area contributed by atoms with Crippen molar-refractivity contribution in [2.24, 2.45) is 0 Å². The summed E-state index contributed by atoms with van der Waals surface area (Å²) in [6, 6.07) is 10.6. The highest BCUT2D eigenvalue weighted by molar-refractivity contribution is 7.99. The zero-order valence-electron chi connectivity index (χ0n) is 13.8. The largest absolute Gasteiger partial charge is 0.348 e. The maximum atomic E-state index is 12.4. The van der Waals surface area contributed by atoms with Crippen LogP contribution in [0.2, 0.25) is 0 Å². The number of amides is 1. The Morgan fingerprint density at radius 2 is 2.08 bits per heavy atom. The van der Waals surface area contributed by atoms with Crippen LogP contribution in [0.1, 0.15) is 46.2 Å². The maximum absolute atomic E-state index is 12.4. The number of nitrogens with one attached hydrogen (secondary N) is 2. The third-order valence-electron chi connectivity index (χ3n) is 4.79. The van der Waals surface area contributed by atoms with Crippen molar-refractivity contribution in [2.75, 3.05) is 0 Å². The van der Waals surface area contributed by atoms with Gasteiger partial charge in [0.15, 0.2) is 5.78 Å². The summed E-state index contributed by atoms with van der Waals surface area (Å²) >= 11 is 2.71. The molecule has 2 aliphatic heterocycles. The molecule has 2 N–H and O–H groups in total. The molecule has 1 aromatic heterocycles. The van der Waals surface area contributed by atoms with Crippen LogP contribution in [-0.2, 0) is 0 Å². The Hall–Kier alpha value is -1.70. The second kappa shape index (κ2) is 6.90. The lowest BCUT2D eigenvalue weighted by atomic mass is 9.95. The van der Waals surface area contributed by atoms with Crippen molar-refractivity contribution < 1.29 is 9.59 Å². The van der Waals surface area contributed by atoms with Gasteiger partial charge in [0.05, 0.1) is 4.88 Å². The first-order valence-corrected chi connectivity index (χ1v) is 10.00. The number of nitrogens with zero attached hydrogens (tertiary/aromatic N) is 1. The molecule has 2 saturated heterocycles. The molecule has 3 unspecified atom stereocenters. The number of rotatable bonds is 5. The molecular weight excluding hydrogens is 354 g/mol. The van der Waals surface area contributed by atoms with Gasteiger partial charge >= 0.3 is 0 Å². The fourth-order valence-electron chi connectivity index (χ4n) is 3.50. The second-order valence-corrected chi connectivity index (χ2v) is 8.47. The van der Waals surface area contributed by atoms with E-state index in [1.807, 2.05) is 24.3 Å². The monoisotopic (exact) mass is 373 g/mol. The first-order valence-electron chi connectivity index (χ1n) is 8.41. The fraction of sp³-hybridized carbons (Fsp3) is 0.389. The molecule has 2 aromatic rings. The van der Waals surface area contributed by atoms with Gasteiger partial charge in [-0.1, -0.05) is 11.8 Å². The molecule has 4 rings (SSSR count). The Bertz CT molecular complexity index is 803. The Kier molecular flexibility index (Phi) is 4.62. The second-order valence-electron chi connectivity index (χ2n) is 6.58. The van der Waals surface area contributed by atoms with E-state index in [9.17, 15) is 9.59 Å². The number of ketones is 1. The lowest BCUT2D eigenvalue weighted by molar-refractivity contribution is 0.0930. The van der Waals surface area contributed by atoms with Crippen molar-refractivity contribution in [3.05, 3.63) is 40.8 Å². The number of hydrogen-bond acceptors (Lipinski definition) is 6. The molecule has 0 radical (unpaired) electrons. The normalized spacial score (nSPS) is 24.4. The number of Topliss-reactive ketones (excluding diaryl/α,β-unsaturated/α-hetero) is 1. The first kappa shape index (κ1) is 16.8. The molecule has 7 heteroatoms. The molecule has 0 saturated carbocycles. The van der Waals surface area contributed by atoms with Crippen LogP contribution in [0.4, 0.5) is 0 Å². The van der Waals surface area contributed by atoms with Crippen LogP contribution >= 0.6 is 23.3 Å². The number of hydrogen-bond donors (Lipinski definition) is 2. The van der Waals surface area contributed by atoms with Crippen molar-refractivity contribution in [1.82, 2.24) is 15.0 Å². The summed E-state index contributed by atoms with van der Waals surface area (Å²) in [5, 5.41) is 7.49. The van der Waals surface area contributed by atoms with Crippen molar-refractivity contribution in [3.63, 3.8) is 0 Å². The Morgan fingerprint density at radius 3 is 2.68 bits per heavy atom. The molecule has 130 valence electrons. The number of carbonyl (C=O) groups is 2. The van der Waals surface area contributed by atoms with Gasteiger partial charge in [0, 0.05) is 35.5 Å². The first-order chi connectivity index (χ1) is 12.1. The smallest absolute Gasteiger partial charge is 0.251 e. The number of aromatic nitrogens is 1. The molecule has 1 aromatic carbocycles. The highest BCUT2D eigenvalue weighted by Crippen LogP contribution is 2.30. The van der Waals surface area contributed by atoms with Gasteiger partial charge < -0.3 is 10.6 Å².